The lowest BCUT2D eigenvalue weighted by molar-refractivity contribution is 0.892. The molecule has 0 N–H and O–H groups in total. The largest absolute Gasteiger partial charge is 0.310 e. The van der Waals surface area contributed by atoms with Gasteiger partial charge in [0, 0.05) is 46.0 Å². The maximum absolute atomic E-state index is 10.4. The fourth-order valence-electron chi connectivity index (χ4n) is 7.35. The van der Waals surface area contributed by atoms with Gasteiger partial charge in [-0.25, -0.2) is 4.85 Å². The highest BCUT2D eigenvalue weighted by Gasteiger charge is 2.31. The lowest BCUT2D eigenvalue weighted by atomic mass is 9.85. The maximum Gasteiger partial charge on any atom is 0.195 e. The minimum Gasteiger partial charge on any atom is -0.310 e. The normalized spacial score (nSPS) is 13.6. The second-order valence-corrected chi connectivity index (χ2v) is 12.0. The Labute approximate surface area is 269 Å². The first-order chi connectivity index (χ1) is 22.6. The zero-order valence-corrected chi connectivity index (χ0v) is 25.6. The smallest absolute Gasteiger partial charge is 0.195 e. The molecule has 0 bridgehead atoms. The van der Waals surface area contributed by atoms with E-state index in [1.165, 1.54) is 22.3 Å². The van der Waals surface area contributed by atoms with Crippen LogP contribution in [0.3, 0.4) is 0 Å². The number of hydrogen-bond acceptors (Lipinski definition) is 3. The molecule has 0 saturated heterocycles. The number of nitrogens with zero attached hydrogens (tertiary/aromatic N) is 4. The summed E-state index contributed by atoms with van der Waals surface area (Å²) in [4.78, 5) is 8.52. The van der Waals surface area contributed by atoms with Gasteiger partial charge in [0.25, 0.3) is 0 Å². The average Bonchev–Trinajstić information content (AvgIpc) is 3.12. The van der Waals surface area contributed by atoms with Crippen molar-refractivity contribution in [3.05, 3.63) is 173 Å². The summed E-state index contributed by atoms with van der Waals surface area (Å²) in [7, 11) is 0. The molecule has 2 aliphatic rings. The number of hydrogen-bond donors (Lipinski definition) is 0. The lowest BCUT2D eigenvalue weighted by Crippen LogP contribution is -2.20. The molecule has 4 heteroatoms. The van der Waals surface area contributed by atoms with E-state index in [2.05, 4.69) is 144 Å². The molecule has 2 aliphatic heterocycles. The summed E-state index contributed by atoms with van der Waals surface area (Å²) in [6.07, 6.45) is 0. The third kappa shape index (κ3) is 4.12. The second-order valence-electron chi connectivity index (χ2n) is 12.0. The van der Waals surface area contributed by atoms with E-state index in [0.717, 1.165) is 45.3 Å². The monoisotopic (exact) mass is 590 g/mol. The van der Waals surface area contributed by atoms with Gasteiger partial charge >= 0.3 is 0 Å². The van der Waals surface area contributed by atoms with Crippen molar-refractivity contribution in [2.75, 3.05) is 9.80 Å². The van der Waals surface area contributed by atoms with Gasteiger partial charge in [-0.2, -0.15) is 5.26 Å². The number of fused-ring (bicyclic) bond motifs is 4. The summed E-state index contributed by atoms with van der Waals surface area (Å²) in [5.74, 6) is 0.510. The predicted octanol–water partition coefficient (Wildman–Crippen LogP) is 11.6. The summed E-state index contributed by atoms with van der Waals surface area (Å²) < 4.78 is 0. The Kier molecular flexibility index (Phi) is 6.45. The lowest BCUT2D eigenvalue weighted by Gasteiger charge is -2.37. The average molecular weight is 591 g/mol. The van der Waals surface area contributed by atoms with Crippen LogP contribution < -0.4 is 9.80 Å². The van der Waals surface area contributed by atoms with Crippen molar-refractivity contribution in [2.24, 2.45) is 0 Å². The molecular weight excluding hydrogens is 560 g/mol. The van der Waals surface area contributed by atoms with Crippen LogP contribution in [0.2, 0.25) is 0 Å². The van der Waals surface area contributed by atoms with E-state index in [4.69, 9.17) is 6.57 Å². The summed E-state index contributed by atoms with van der Waals surface area (Å²) in [5, 5.41) is 10.4. The van der Waals surface area contributed by atoms with Crippen molar-refractivity contribution in [3.8, 4) is 17.2 Å². The SMILES string of the molecule is [C-]#[N+]c1ccc(N2c3ccccc3C(C)c3ccccc32)cc1-c1cc(N2c3ccccc3C(C)c3ccccc32)ccc1C#N. The van der Waals surface area contributed by atoms with E-state index in [1.54, 1.807) is 0 Å². The van der Waals surface area contributed by atoms with Crippen LogP contribution in [-0.2, 0) is 0 Å². The minimum atomic E-state index is 0.255. The van der Waals surface area contributed by atoms with E-state index < -0.39 is 0 Å². The summed E-state index contributed by atoms with van der Waals surface area (Å²) in [6, 6.07) is 48.5. The molecule has 6 aromatic carbocycles. The Hall–Kier alpha value is -6.10. The first-order valence-electron chi connectivity index (χ1n) is 15.6. The van der Waals surface area contributed by atoms with Gasteiger partial charge in [0.15, 0.2) is 5.69 Å². The van der Waals surface area contributed by atoms with E-state index in [0.29, 0.717) is 11.3 Å². The molecule has 0 radical (unpaired) electrons. The minimum absolute atomic E-state index is 0.255. The third-order valence-electron chi connectivity index (χ3n) is 9.61. The molecule has 0 saturated carbocycles. The van der Waals surface area contributed by atoms with Crippen molar-refractivity contribution in [1.29, 1.82) is 5.26 Å². The summed E-state index contributed by atoms with van der Waals surface area (Å²) in [5.41, 5.74) is 14.0. The topological polar surface area (TPSA) is 34.6 Å². The fraction of sp³-hybridized carbons (Fsp3) is 0.0952. The molecule has 4 nitrogen and oxygen atoms in total. The molecular formula is C42H30N4. The predicted molar refractivity (Wildman–Crippen MR) is 187 cm³/mol. The Morgan fingerprint density at radius 3 is 1.35 bits per heavy atom. The Balaban J connectivity index is 1.33. The Morgan fingerprint density at radius 2 is 0.935 bits per heavy atom. The first kappa shape index (κ1) is 27.4. The zero-order chi connectivity index (χ0) is 31.4. The van der Waals surface area contributed by atoms with Gasteiger partial charge in [-0.05, 0) is 88.0 Å². The molecule has 0 amide bonds. The molecule has 0 spiro atoms. The highest BCUT2D eigenvalue weighted by atomic mass is 15.2. The molecule has 46 heavy (non-hydrogen) atoms. The van der Waals surface area contributed by atoms with Gasteiger partial charge in [-0.15, -0.1) is 0 Å². The molecule has 6 aromatic rings. The van der Waals surface area contributed by atoms with Gasteiger partial charge in [-0.3, -0.25) is 0 Å². The van der Waals surface area contributed by atoms with Crippen LogP contribution in [0.25, 0.3) is 16.0 Å². The van der Waals surface area contributed by atoms with Crippen LogP contribution in [0.4, 0.5) is 39.8 Å². The van der Waals surface area contributed by atoms with Crippen molar-refractivity contribution in [2.45, 2.75) is 25.7 Å². The molecule has 0 fully saturated rings. The number of anilines is 6. The molecule has 0 aromatic heterocycles. The number of rotatable bonds is 3. The summed E-state index contributed by atoms with van der Waals surface area (Å²) >= 11 is 0. The standard InChI is InChI=1S/C42H30N4/c1-27-32-12-4-8-16-39(32)45(40-17-9-5-13-33(27)40)30-21-20-29(26-43)36(24-30)37-25-31(22-23-38(37)44-3)46-41-18-10-6-14-34(41)28(2)35-15-7-11-19-42(35)46/h4-25,27-28H,1-2H3. The van der Waals surface area contributed by atoms with Crippen LogP contribution in [0, 0.1) is 17.9 Å². The second kappa shape index (κ2) is 10.8. The van der Waals surface area contributed by atoms with Gasteiger partial charge in [0.1, 0.15) is 0 Å². The molecule has 0 atom stereocenters. The van der Waals surface area contributed by atoms with Crippen molar-refractivity contribution < 1.29 is 0 Å². The van der Waals surface area contributed by atoms with Crippen LogP contribution in [0.1, 0.15) is 53.5 Å². The van der Waals surface area contributed by atoms with Crippen LogP contribution in [0.5, 0.6) is 0 Å². The van der Waals surface area contributed by atoms with Gasteiger partial charge in [-0.1, -0.05) is 92.7 Å². The van der Waals surface area contributed by atoms with Crippen molar-refractivity contribution >= 4 is 39.8 Å². The Bertz CT molecular complexity index is 2000. The molecule has 0 unspecified atom stereocenters. The maximum atomic E-state index is 10.4. The first-order valence-corrected chi connectivity index (χ1v) is 15.6. The fourth-order valence-corrected chi connectivity index (χ4v) is 7.35. The van der Waals surface area contributed by atoms with Crippen LogP contribution in [-0.4, -0.2) is 0 Å². The third-order valence-corrected chi connectivity index (χ3v) is 9.61. The molecule has 8 rings (SSSR count). The number of nitriles is 1. The molecule has 218 valence electrons. The molecule has 0 aliphatic carbocycles. The van der Waals surface area contributed by atoms with Gasteiger partial charge < -0.3 is 9.80 Å². The van der Waals surface area contributed by atoms with Crippen molar-refractivity contribution in [1.82, 2.24) is 0 Å². The number of benzene rings is 6. The number of para-hydroxylation sites is 4. The highest BCUT2D eigenvalue weighted by Crippen LogP contribution is 2.52. The highest BCUT2D eigenvalue weighted by molar-refractivity contribution is 5.93. The molecule has 2 heterocycles. The van der Waals surface area contributed by atoms with E-state index in [9.17, 15) is 5.26 Å². The van der Waals surface area contributed by atoms with Gasteiger partial charge in [0.05, 0.1) is 18.2 Å². The van der Waals surface area contributed by atoms with E-state index in [1.807, 2.05) is 24.3 Å². The quantitative estimate of drug-likeness (QED) is 0.192. The van der Waals surface area contributed by atoms with Crippen LogP contribution >= 0.6 is 0 Å². The van der Waals surface area contributed by atoms with Gasteiger partial charge in [0.2, 0.25) is 0 Å². The summed E-state index contributed by atoms with van der Waals surface area (Å²) in [6.45, 7) is 12.6. The Morgan fingerprint density at radius 1 is 0.543 bits per heavy atom. The van der Waals surface area contributed by atoms with E-state index >= 15 is 0 Å². The zero-order valence-electron chi connectivity index (χ0n) is 25.6. The van der Waals surface area contributed by atoms with Crippen molar-refractivity contribution in [3.63, 3.8) is 0 Å². The van der Waals surface area contributed by atoms with E-state index in [-0.39, 0.29) is 11.8 Å². The van der Waals surface area contributed by atoms with Crippen LogP contribution in [0.15, 0.2) is 133 Å².